The first-order valence-corrected chi connectivity index (χ1v) is 14.2. The number of piperidine rings is 2. The molecule has 2 aliphatic heterocycles. The first kappa shape index (κ1) is 22.4. The molecule has 4 heterocycles. The van der Waals surface area contributed by atoms with Crippen LogP contribution >= 0.6 is 0 Å². The maximum Gasteiger partial charge on any atom is 0.173 e. The Morgan fingerprint density at radius 2 is 1.50 bits per heavy atom. The molecule has 2 aromatic heterocycles. The minimum atomic E-state index is -1.02. The van der Waals surface area contributed by atoms with Crippen LogP contribution in [0.25, 0.3) is 16.9 Å². The van der Waals surface area contributed by atoms with Crippen molar-refractivity contribution in [1.82, 2.24) is 19.2 Å². The summed E-state index contributed by atoms with van der Waals surface area (Å²) in [6.07, 6.45) is 13.2. The number of pyridine rings is 1. The molecule has 1 unspecified atom stereocenters. The summed E-state index contributed by atoms with van der Waals surface area (Å²) in [5.41, 5.74) is 3.08. The number of imidazole rings is 1. The van der Waals surface area contributed by atoms with Gasteiger partial charge in [-0.1, -0.05) is 12.1 Å². The number of benzene rings is 1. The molecule has 0 bridgehead atoms. The third-order valence-corrected chi connectivity index (χ3v) is 9.03. The van der Waals surface area contributed by atoms with E-state index in [1.807, 2.05) is 34.9 Å². The highest BCUT2D eigenvalue weighted by Crippen LogP contribution is 2.34. The Bertz CT molecular complexity index is 1190. The zero-order chi connectivity index (χ0) is 23.2. The molecule has 0 N–H and O–H groups in total. The molecule has 1 aromatic carbocycles. The number of fused-ring (bicyclic) bond motifs is 1. The molecule has 7 heteroatoms. The van der Waals surface area contributed by atoms with Gasteiger partial charge in [-0.25, -0.2) is 9.37 Å². The molecule has 1 saturated carbocycles. The summed E-state index contributed by atoms with van der Waals surface area (Å²) < 4.78 is 28.5. The SMILES string of the molecule is CS(=O)c1ccc(-c2cn3cc(C4CCN(C5CCN(C6CC6)CC5)CC4)cc(F)c3n2)cc1. The number of nitrogens with zero attached hydrogens (tertiary/aromatic N) is 4. The predicted octanol–water partition coefficient (Wildman–Crippen LogP) is 4.68. The van der Waals surface area contributed by atoms with Crippen LogP contribution in [0.15, 0.2) is 47.6 Å². The minimum absolute atomic E-state index is 0.259. The highest BCUT2D eigenvalue weighted by atomic mass is 32.2. The topological polar surface area (TPSA) is 40.9 Å². The fourth-order valence-corrected chi connectivity index (χ4v) is 6.43. The van der Waals surface area contributed by atoms with E-state index in [-0.39, 0.29) is 5.82 Å². The van der Waals surface area contributed by atoms with E-state index in [4.69, 9.17) is 0 Å². The van der Waals surface area contributed by atoms with E-state index < -0.39 is 10.8 Å². The van der Waals surface area contributed by atoms with Crippen molar-refractivity contribution >= 4 is 16.4 Å². The second kappa shape index (κ2) is 9.17. The molecule has 6 rings (SSSR count). The van der Waals surface area contributed by atoms with Gasteiger partial charge in [0.1, 0.15) is 0 Å². The summed E-state index contributed by atoms with van der Waals surface area (Å²) in [6.45, 7) is 4.75. The molecule has 1 aliphatic carbocycles. The van der Waals surface area contributed by atoms with Gasteiger partial charge in [-0.15, -0.1) is 0 Å². The predicted molar refractivity (Wildman–Crippen MR) is 134 cm³/mol. The number of aromatic nitrogens is 2. The summed E-state index contributed by atoms with van der Waals surface area (Å²) in [5.74, 6) is 0.135. The average molecular weight is 481 g/mol. The van der Waals surface area contributed by atoms with Crippen LogP contribution in [0.4, 0.5) is 4.39 Å². The Morgan fingerprint density at radius 1 is 0.882 bits per heavy atom. The zero-order valence-electron chi connectivity index (χ0n) is 19.8. The van der Waals surface area contributed by atoms with Gasteiger partial charge in [0, 0.05) is 52.0 Å². The minimum Gasteiger partial charge on any atom is -0.304 e. The Morgan fingerprint density at radius 3 is 2.12 bits per heavy atom. The lowest BCUT2D eigenvalue weighted by Crippen LogP contribution is -2.47. The van der Waals surface area contributed by atoms with Crippen molar-refractivity contribution in [2.45, 2.75) is 61.4 Å². The van der Waals surface area contributed by atoms with Crippen molar-refractivity contribution in [2.75, 3.05) is 32.4 Å². The van der Waals surface area contributed by atoms with Crippen molar-refractivity contribution in [3.63, 3.8) is 0 Å². The van der Waals surface area contributed by atoms with Gasteiger partial charge in [0.05, 0.1) is 5.69 Å². The molecule has 1 atom stereocenters. The van der Waals surface area contributed by atoms with E-state index in [0.717, 1.165) is 59.7 Å². The second-order valence-electron chi connectivity index (χ2n) is 10.3. The van der Waals surface area contributed by atoms with Gasteiger partial charge >= 0.3 is 0 Å². The van der Waals surface area contributed by atoms with E-state index in [9.17, 15) is 4.21 Å². The van der Waals surface area contributed by atoms with Crippen LogP contribution in [0.3, 0.4) is 0 Å². The zero-order valence-corrected chi connectivity index (χ0v) is 20.6. The highest BCUT2D eigenvalue weighted by molar-refractivity contribution is 7.84. The van der Waals surface area contributed by atoms with Crippen molar-refractivity contribution in [3.8, 4) is 11.3 Å². The smallest absolute Gasteiger partial charge is 0.173 e. The van der Waals surface area contributed by atoms with Crippen LogP contribution < -0.4 is 0 Å². The summed E-state index contributed by atoms with van der Waals surface area (Å²) in [7, 11) is -1.02. The molecular formula is C27H33FN4OS. The van der Waals surface area contributed by atoms with Gasteiger partial charge in [0.15, 0.2) is 11.5 Å². The Kier molecular flexibility index (Phi) is 6.04. The monoisotopic (exact) mass is 480 g/mol. The molecule has 3 aliphatic rings. The fourth-order valence-electron chi connectivity index (χ4n) is 5.91. The van der Waals surface area contributed by atoms with Crippen LogP contribution in [0.5, 0.6) is 0 Å². The standard InChI is InChI=1S/C27H33FN4OS/c1-34(33)24-6-2-20(3-7-24)26-18-32-17-21(16-25(28)27(32)29-26)19-8-12-30(13-9-19)23-10-14-31(15-11-23)22-4-5-22/h2-3,6-7,16-19,22-23H,4-5,8-15H2,1H3. The molecule has 2 saturated heterocycles. The largest absolute Gasteiger partial charge is 0.304 e. The summed E-state index contributed by atoms with van der Waals surface area (Å²) in [5, 5.41) is 0. The van der Waals surface area contributed by atoms with Gasteiger partial charge < -0.3 is 14.2 Å². The fraction of sp³-hybridized carbons (Fsp3) is 0.519. The van der Waals surface area contributed by atoms with E-state index in [1.54, 1.807) is 12.3 Å². The maximum absolute atomic E-state index is 15.0. The van der Waals surface area contributed by atoms with Gasteiger partial charge in [-0.2, -0.15) is 0 Å². The van der Waals surface area contributed by atoms with E-state index >= 15 is 4.39 Å². The van der Waals surface area contributed by atoms with Crippen LogP contribution in [0.1, 0.15) is 50.0 Å². The number of rotatable bonds is 5. The maximum atomic E-state index is 15.0. The van der Waals surface area contributed by atoms with E-state index in [1.165, 1.54) is 38.8 Å². The Labute approximate surface area is 203 Å². The third-order valence-electron chi connectivity index (χ3n) is 8.09. The summed E-state index contributed by atoms with van der Waals surface area (Å²) in [4.78, 5) is 10.7. The Hall–Kier alpha value is -2.09. The summed E-state index contributed by atoms with van der Waals surface area (Å²) in [6, 6.07) is 10.8. The number of halogens is 1. The third kappa shape index (κ3) is 4.45. The first-order valence-electron chi connectivity index (χ1n) is 12.7. The average Bonchev–Trinajstić information content (AvgIpc) is 3.63. The van der Waals surface area contributed by atoms with Crippen molar-refractivity contribution in [1.29, 1.82) is 0 Å². The molecule has 3 aromatic rings. The molecule has 5 nitrogen and oxygen atoms in total. The van der Waals surface area contributed by atoms with E-state index in [0.29, 0.717) is 11.6 Å². The number of hydrogen-bond donors (Lipinski definition) is 0. The quantitative estimate of drug-likeness (QED) is 0.532. The van der Waals surface area contributed by atoms with Gasteiger partial charge in [0.2, 0.25) is 0 Å². The van der Waals surface area contributed by atoms with Crippen molar-refractivity contribution in [3.05, 3.63) is 54.1 Å². The number of likely N-dealkylation sites (tertiary alicyclic amines) is 2. The highest BCUT2D eigenvalue weighted by Gasteiger charge is 2.34. The lowest BCUT2D eigenvalue weighted by atomic mass is 9.88. The number of hydrogen-bond acceptors (Lipinski definition) is 4. The molecule has 0 spiro atoms. The van der Waals surface area contributed by atoms with Gasteiger partial charge in [-0.3, -0.25) is 4.21 Å². The van der Waals surface area contributed by atoms with Crippen molar-refractivity contribution in [2.24, 2.45) is 0 Å². The van der Waals surface area contributed by atoms with Gasteiger partial charge in [0.25, 0.3) is 0 Å². The summed E-state index contributed by atoms with van der Waals surface area (Å²) >= 11 is 0. The van der Waals surface area contributed by atoms with Crippen molar-refractivity contribution < 1.29 is 8.60 Å². The van der Waals surface area contributed by atoms with Crippen LogP contribution in [-0.2, 0) is 10.8 Å². The van der Waals surface area contributed by atoms with Crippen LogP contribution in [0, 0.1) is 5.82 Å². The first-order chi connectivity index (χ1) is 16.5. The molecule has 3 fully saturated rings. The van der Waals surface area contributed by atoms with E-state index in [2.05, 4.69) is 21.0 Å². The molecule has 0 amide bonds. The molecule has 0 radical (unpaired) electrons. The van der Waals surface area contributed by atoms with Crippen LogP contribution in [-0.4, -0.2) is 67.9 Å². The second-order valence-corrected chi connectivity index (χ2v) is 11.6. The normalized spacial score (nSPS) is 22.4. The lowest BCUT2D eigenvalue weighted by molar-refractivity contribution is 0.0843. The lowest BCUT2D eigenvalue weighted by Gasteiger charge is -2.42. The Balaban J connectivity index is 1.13. The molecular weight excluding hydrogens is 447 g/mol. The molecule has 180 valence electrons. The van der Waals surface area contributed by atoms with Crippen LogP contribution in [0.2, 0.25) is 0 Å². The molecule has 34 heavy (non-hydrogen) atoms. The van der Waals surface area contributed by atoms with Gasteiger partial charge in [-0.05, 0) is 94.4 Å².